The molecule has 0 aliphatic heterocycles. The number of esters is 3. The van der Waals surface area contributed by atoms with Crippen LogP contribution in [0, 0.1) is 0 Å². The topological polar surface area (TPSA) is 78.9 Å². The lowest BCUT2D eigenvalue weighted by Crippen LogP contribution is -2.30. The number of carbonyl (C=O) groups excluding carboxylic acids is 3. The van der Waals surface area contributed by atoms with Crippen LogP contribution < -0.4 is 0 Å². The molecule has 1 unspecified atom stereocenters. The summed E-state index contributed by atoms with van der Waals surface area (Å²) < 4.78 is 16.8. The van der Waals surface area contributed by atoms with Crippen LogP contribution in [0.1, 0.15) is 290 Å². The number of carbonyl (C=O) groups is 3. The Bertz CT molecular complexity index is 1760. The summed E-state index contributed by atoms with van der Waals surface area (Å²) in [6.45, 7) is 6.34. The zero-order chi connectivity index (χ0) is 58.5. The van der Waals surface area contributed by atoms with Gasteiger partial charge in [-0.15, -0.1) is 0 Å². The van der Waals surface area contributed by atoms with Gasteiger partial charge in [0.25, 0.3) is 0 Å². The molecule has 0 saturated heterocycles. The van der Waals surface area contributed by atoms with E-state index in [0.29, 0.717) is 19.3 Å². The molecular formula is C75H122O6. The molecule has 0 aromatic rings. The van der Waals surface area contributed by atoms with E-state index in [1.807, 2.05) is 6.08 Å². The van der Waals surface area contributed by atoms with Crippen molar-refractivity contribution in [2.75, 3.05) is 13.2 Å². The van der Waals surface area contributed by atoms with E-state index in [1.54, 1.807) is 0 Å². The molecule has 0 spiro atoms. The molecule has 0 radical (unpaired) electrons. The van der Waals surface area contributed by atoms with Gasteiger partial charge in [0.2, 0.25) is 0 Å². The first-order valence-corrected chi connectivity index (χ1v) is 33.3. The maximum absolute atomic E-state index is 12.8. The molecule has 1 atom stereocenters. The molecule has 0 aliphatic carbocycles. The molecule has 0 heterocycles. The highest BCUT2D eigenvalue weighted by Gasteiger charge is 2.19. The largest absolute Gasteiger partial charge is 0.462 e. The molecule has 0 fully saturated rings. The molecule has 6 nitrogen and oxygen atoms in total. The van der Waals surface area contributed by atoms with Crippen LogP contribution in [0.25, 0.3) is 0 Å². The average Bonchev–Trinajstić information content (AvgIpc) is 3.47. The van der Waals surface area contributed by atoms with E-state index < -0.39 is 12.1 Å². The first-order chi connectivity index (χ1) is 40.0. The third kappa shape index (κ3) is 66.0. The van der Waals surface area contributed by atoms with Crippen molar-refractivity contribution in [3.05, 3.63) is 146 Å². The van der Waals surface area contributed by atoms with Crippen molar-refractivity contribution in [3.8, 4) is 0 Å². The molecule has 0 aliphatic rings. The minimum absolute atomic E-state index is 0.109. The number of allylic oxidation sites excluding steroid dienone is 24. The second kappa shape index (κ2) is 67.8. The van der Waals surface area contributed by atoms with Crippen LogP contribution in [0.4, 0.5) is 0 Å². The SMILES string of the molecule is CC/C=C\C/C=C\C/C=C\C/C=C\C/C=C\C/C=C\CCCCCCCCCCCCCCCCCCC(=O)OCC(COC(=O)CCCCCCCCCCC)OC(=O)CC/C=C\C/C=C\C/C=C\C/C=C\C/C=C\C/C=C\CC. The molecule has 0 aromatic carbocycles. The molecule has 458 valence electrons. The number of rotatable bonds is 59. The van der Waals surface area contributed by atoms with Crippen LogP contribution >= 0.6 is 0 Å². The van der Waals surface area contributed by atoms with Crippen LogP contribution in [0.15, 0.2) is 146 Å². The van der Waals surface area contributed by atoms with Crippen LogP contribution in [0.5, 0.6) is 0 Å². The summed E-state index contributed by atoms with van der Waals surface area (Å²) in [5.74, 6) is -0.994. The fourth-order valence-corrected chi connectivity index (χ4v) is 8.94. The Kier molecular flexibility index (Phi) is 63.9. The summed E-state index contributed by atoms with van der Waals surface area (Å²) in [4.78, 5) is 38.1. The molecule has 0 aromatic heterocycles. The lowest BCUT2D eigenvalue weighted by atomic mass is 10.0. The van der Waals surface area contributed by atoms with Gasteiger partial charge in [-0.2, -0.15) is 0 Å². The number of ether oxygens (including phenoxy) is 3. The molecule has 0 N–H and O–H groups in total. The molecule has 81 heavy (non-hydrogen) atoms. The minimum Gasteiger partial charge on any atom is -0.462 e. The van der Waals surface area contributed by atoms with Crippen molar-refractivity contribution in [2.45, 2.75) is 297 Å². The Morgan fingerprint density at radius 2 is 0.506 bits per heavy atom. The third-order valence-corrected chi connectivity index (χ3v) is 13.9. The predicted molar refractivity (Wildman–Crippen MR) is 352 cm³/mol. The van der Waals surface area contributed by atoms with E-state index in [4.69, 9.17) is 14.2 Å². The maximum atomic E-state index is 12.8. The Morgan fingerprint density at radius 1 is 0.259 bits per heavy atom. The van der Waals surface area contributed by atoms with Gasteiger partial charge >= 0.3 is 17.9 Å². The number of hydrogen-bond donors (Lipinski definition) is 0. The maximum Gasteiger partial charge on any atom is 0.306 e. The highest BCUT2D eigenvalue weighted by atomic mass is 16.6. The smallest absolute Gasteiger partial charge is 0.306 e. The van der Waals surface area contributed by atoms with E-state index in [0.717, 1.165) is 116 Å². The third-order valence-electron chi connectivity index (χ3n) is 13.9. The second-order valence-corrected chi connectivity index (χ2v) is 21.6. The van der Waals surface area contributed by atoms with Crippen molar-refractivity contribution in [1.82, 2.24) is 0 Å². The fourth-order valence-electron chi connectivity index (χ4n) is 8.94. The first kappa shape index (κ1) is 76.3. The average molecular weight is 1120 g/mol. The summed E-state index contributed by atoms with van der Waals surface area (Å²) >= 11 is 0. The highest BCUT2D eigenvalue weighted by molar-refractivity contribution is 5.71. The van der Waals surface area contributed by atoms with E-state index in [-0.39, 0.29) is 31.6 Å². The normalized spacial score (nSPS) is 13.1. The summed E-state index contributed by atoms with van der Waals surface area (Å²) in [6, 6.07) is 0. The molecule has 6 heteroatoms. The van der Waals surface area contributed by atoms with Crippen molar-refractivity contribution < 1.29 is 28.6 Å². The lowest BCUT2D eigenvalue weighted by Gasteiger charge is -2.18. The van der Waals surface area contributed by atoms with Gasteiger partial charge in [0.05, 0.1) is 0 Å². The zero-order valence-corrected chi connectivity index (χ0v) is 52.5. The van der Waals surface area contributed by atoms with E-state index in [1.165, 1.54) is 128 Å². The van der Waals surface area contributed by atoms with E-state index in [9.17, 15) is 14.4 Å². The van der Waals surface area contributed by atoms with Crippen LogP contribution in [-0.2, 0) is 28.6 Å². The monoisotopic (exact) mass is 1120 g/mol. The molecule has 0 amide bonds. The Balaban J connectivity index is 4.18. The standard InChI is InChI=1S/C75H122O6/c1-4-7-10-13-16-19-21-23-25-27-29-30-31-32-33-34-35-36-37-38-39-40-41-42-43-44-46-47-49-51-53-56-59-62-65-68-74(77)80-71-72(70-79-73(76)67-64-61-58-55-18-15-12-9-6-3)81-75(78)69-66-63-60-57-54-52-50-48-45-28-26-24-22-20-17-14-11-8-5-2/h7-8,10-11,16-17,19-20,23-26,29-30,32-33,35-36,45,48,52,54,60,63,72H,4-6,9,12-15,18,21-22,27-28,31,34,37-44,46-47,49-51,53,55-59,61-62,64-71H2,1-3H3/b10-7-,11-8-,19-16-,20-17-,25-23-,26-24-,30-29-,33-32-,36-35-,48-45-,54-52-,63-60-. The summed E-state index contributed by atoms with van der Waals surface area (Å²) in [7, 11) is 0. The second-order valence-electron chi connectivity index (χ2n) is 21.6. The van der Waals surface area contributed by atoms with Crippen LogP contribution in [0.3, 0.4) is 0 Å². The Morgan fingerprint density at radius 3 is 0.802 bits per heavy atom. The van der Waals surface area contributed by atoms with Crippen molar-refractivity contribution in [3.63, 3.8) is 0 Å². The summed E-state index contributed by atoms with van der Waals surface area (Å²) in [6.07, 6.45) is 97.5. The summed E-state index contributed by atoms with van der Waals surface area (Å²) in [5.41, 5.74) is 0. The van der Waals surface area contributed by atoms with Gasteiger partial charge in [-0.25, -0.2) is 0 Å². The van der Waals surface area contributed by atoms with Gasteiger partial charge < -0.3 is 14.2 Å². The van der Waals surface area contributed by atoms with Gasteiger partial charge in [0.15, 0.2) is 6.10 Å². The van der Waals surface area contributed by atoms with Crippen molar-refractivity contribution >= 4 is 17.9 Å². The molecular weight excluding hydrogens is 997 g/mol. The van der Waals surface area contributed by atoms with Gasteiger partial charge in [-0.05, 0) is 109 Å². The highest BCUT2D eigenvalue weighted by Crippen LogP contribution is 2.16. The molecule has 0 bridgehead atoms. The van der Waals surface area contributed by atoms with Gasteiger partial charge in [-0.3, -0.25) is 14.4 Å². The predicted octanol–water partition coefficient (Wildman–Crippen LogP) is 23.1. The van der Waals surface area contributed by atoms with Crippen LogP contribution in [0.2, 0.25) is 0 Å². The number of unbranched alkanes of at least 4 members (excludes halogenated alkanes) is 24. The Labute approximate surface area is 499 Å². The van der Waals surface area contributed by atoms with Crippen LogP contribution in [-0.4, -0.2) is 37.2 Å². The lowest BCUT2D eigenvalue weighted by molar-refractivity contribution is -0.166. The minimum atomic E-state index is -0.820. The molecule has 0 rings (SSSR count). The zero-order valence-electron chi connectivity index (χ0n) is 52.5. The van der Waals surface area contributed by atoms with Gasteiger partial charge in [-0.1, -0.05) is 308 Å². The van der Waals surface area contributed by atoms with E-state index in [2.05, 4.69) is 161 Å². The summed E-state index contributed by atoms with van der Waals surface area (Å²) in [5, 5.41) is 0. The Hall–Kier alpha value is -4.71. The fraction of sp³-hybridized carbons (Fsp3) is 0.640. The van der Waals surface area contributed by atoms with Gasteiger partial charge in [0.1, 0.15) is 13.2 Å². The quantitative estimate of drug-likeness (QED) is 0.0261. The van der Waals surface area contributed by atoms with Crippen molar-refractivity contribution in [2.24, 2.45) is 0 Å². The number of hydrogen-bond acceptors (Lipinski definition) is 6. The first-order valence-electron chi connectivity index (χ1n) is 33.3. The van der Waals surface area contributed by atoms with E-state index >= 15 is 0 Å². The van der Waals surface area contributed by atoms with Gasteiger partial charge in [0, 0.05) is 19.3 Å². The molecule has 0 saturated carbocycles. The van der Waals surface area contributed by atoms with Crippen molar-refractivity contribution in [1.29, 1.82) is 0 Å².